The summed E-state index contributed by atoms with van der Waals surface area (Å²) in [5, 5.41) is 0. The van der Waals surface area contributed by atoms with Crippen molar-refractivity contribution in [3.63, 3.8) is 0 Å². The summed E-state index contributed by atoms with van der Waals surface area (Å²) >= 11 is 2.95. The first-order valence-corrected chi connectivity index (χ1v) is 13.7. The molecule has 1 aromatic carbocycles. The molecule has 2 nitrogen and oxygen atoms in total. The molecular formula is C8H8N2Rb4. The van der Waals surface area contributed by atoms with Crippen LogP contribution in [0.5, 0.6) is 0 Å². The van der Waals surface area contributed by atoms with E-state index in [1.54, 1.807) is 0 Å². The third kappa shape index (κ3) is 9.32. The van der Waals surface area contributed by atoms with Gasteiger partial charge >= 0.3 is 257 Å². The number of rotatable bonds is 4. The second kappa shape index (κ2) is 11.0. The molecule has 0 aliphatic carbocycles. The van der Waals surface area contributed by atoms with Crippen LogP contribution in [0.25, 0.3) is 0 Å². The van der Waals surface area contributed by atoms with Gasteiger partial charge in [0.25, 0.3) is 0 Å². The molecule has 0 bridgehead atoms. The predicted octanol–water partition coefficient (Wildman–Crippen LogP) is -0.375. The summed E-state index contributed by atoms with van der Waals surface area (Å²) in [6, 6.07) is 9.20. The Morgan fingerprint density at radius 2 is 1.29 bits per heavy atom. The van der Waals surface area contributed by atoms with E-state index in [0.717, 1.165) is 224 Å². The summed E-state index contributed by atoms with van der Waals surface area (Å²) in [7, 11) is 0. The van der Waals surface area contributed by atoms with Gasteiger partial charge in [-0.2, -0.15) is 0 Å². The van der Waals surface area contributed by atoms with Crippen molar-refractivity contribution in [2.75, 3.05) is 0 Å². The van der Waals surface area contributed by atoms with E-state index in [9.17, 15) is 0 Å². The van der Waals surface area contributed by atoms with E-state index in [1.807, 2.05) is 0 Å². The molecule has 0 unspecified atom stereocenters. The topological polar surface area (TPSA) is 6.48 Å². The van der Waals surface area contributed by atoms with E-state index in [0.29, 0.717) is 0 Å². The average molecular weight is 474 g/mol. The molecule has 0 spiro atoms. The minimum absolute atomic E-state index is 0.739. The molecule has 0 aliphatic rings. The Morgan fingerprint density at radius 3 is 1.64 bits per heavy atom. The van der Waals surface area contributed by atoms with Crippen LogP contribution in [-0.4, -0.2) is 209 Å². The van der Waals surface area contributed by atoms with Crippen LogP contribution in [0, 0.1) is 0 Å². The molecule has 0 radical (unpaired) electrons. The predicted molar refractivity (Wildman–Crippen MR) is 60.5 cm³/mol. The molecule has 0 atom stereocenters. The first-order chi connectivity index (χ1) is 6.58. The summed E-state index contributed by atoms with van der Waals surface area (Å²) in [4.78, 5) is 0. The van der Waals surface area contributed by atoms with Crippen molar-refractivity contribution in [3.8, 4) is 0 Å². The first kappa shape index (κ1) is 18.4. The van der Waals surface area contributed by atoms with Crippen molar-refractivity contribution in [1.29, 1.82) is 0 Å². The van der Waals surface area contributed by atoms with Crippen LogP contribution in [0.4, 0.5) is 0 Å². The molecule has 1 aromatic rings. The molecule has 14 heavy (non-hydrogen) atoms. The van der Waals surface area contributed by atoms with E-state index in [2.05, 4.69) is 9.04 Å². The van der Waals surface area contributed by atoms with Gasteiger partial charge in [-0.05, 0) is 0 Å². The van der Waals surface area contributed by atoms with Gasteiger partial charge in [-0.3, -0.25) is 0 Å². The third-order valence-corrected chi connectivity index (χ3v) is 5.10. The first-order valence-electron chi connectivity index (χ1n) is 4.95. The van der Waals surface area contributed by atoms with Crippen molar-refractivity contribution in [3.05, 3.63) is 35.4 Å². The molecule has 0 amide bonds. The number of benzene rings is 1. The summed E-state index contributed by atoms with van der Waals surface area (Å²) in [5.41, 5.74) is 3.07. The van der Waals surface area contributed by atoms with Crippen LogP contribution < -0.4 is 0 Å². The van der Waals surface area contributed by atoms with Gasteiger partial charge in [0.2, 0.25) is 0 Å². The van der Waals surface area contributed by atoms with E-state index in [1.165, 1.54) is 24.2 Å². The standard InChI is InChI=1S/C8H8N2.4Rb/c9-5-7-2-1-3-8(4-7)6-10;;;;/h1-4H,5-6H2;;;;. The van der Waals surface area contributed by atoms with Gasteiger partial charge in [0, 0.05) is 0 Å². The monoisotopic (exact) mass is 472 g/mol. The van der Waals surface area contributed by atoms with E-state index < -0.39 is 0 Å². The number of hydrogen-bond acceptors (Lipinski definition) is 2. The van der Waals surface area contributed by atoms with E-state index in [-0.39, 0.29) is 0 Å². The third-order valence-electron chi connectivity index (χ3n) is 1.99. The zero-order chi connectivity index (χ0) is 10.6. The molecule has 1 rings (SSSR count). The molecule has 0 aliphatic heterocycles. The van der Waals surface area contributed by atoms with Crippen LogP contribution in [0.1, 0.15) is 11.1 Å². The molecule has 0 N–H and O–H groups in total. The average Bonchev–Trinajstić information content (AvgIpc) is 2.01. The van der Waals surface area contributed by atoms with Crippen molar-refractivity contribution >= 4 is 224 Å². The van der Waals surface area contributed by atoms with E-state index >= 15 is 0 Å². The van der Waals surface area contributed by atoms with Crippen molar-refractivity contribution in [1.82, 2.24) is -15.2 Å². The fraction of sp³-hybridized carbons (Fsp3) is 0.250. The second-order valence-corrected chi connectivity index (χ2v) is 40.9. The van der Waals surface area contributed by atoms with Crippen LogP contribution in [-0.2, 0) is 13.1 Å². The quantitative estimate of drug-likeness (QED) is 0.588. The molecule has 0 fully saturated rings. The van der Waals surface area contributed by atoms with Gasteiger partial charge < -0.3 is 0 Å². The summed E-state index contributed by atoms with van der Waals surface area (Å²) in [6.45, 7) is 2.47. The van der Waals surface area contributed by atoms with Gasteiger partial charge in [-0.1, -0.05) is 0 Å². The van der Waals surface area contributed by atoms with Crippen molar-refractivity contribution in [2.45, 2.75) is 13.1 Å². The van der Waals surface area contributed by atoms with E-state index in [4.69, 9.17) is 0 Å². The Bertz CT molecular complexity index is 265. The number of nitrogens with zero attached hydrogens (tertiary/aromatic N) is 2. The molecule has 0 aromatic heterocycles. The minimum atomic E-state index is 0.739. The Labute approximate surface area is 247 Å². The number of hydrogen-bond donors (Lipinski definition) is 0. The zero-order valence-corrected chi connectivity index (χ0v) is 29.3. The zero-order valence-electron chi connectivity index (χ0n) is 9.62. The molecular weight excluding hydrogens is 466 g/mol. The van der Waals surface area contributed by atoms with Crippen LogP contribution >= 0.6 is 0 Å². The SMILES string of the molecule is [Rb][N]([Rb])Cc1cccc(C[N]([Rb])[Rb])c1. The molecule has 6 heteroatoms. The Morgan fingerprint density at radius 1 is 0.857 bits per heavy atom. The van der Waals surface area contributed by atoms with Crippen LogP contribution in [0.2, 0.25) is 0 Å². The Balaban J connectivity index is 2.68. The van der Waals surface area contributed by atoms with Crippen LogP contribution in [0.15, 0.2) is 24.3 Å². The van der Waals surface area contributed by atoms with Gasteiger partial charge in [-0.15, -0.1) is 0 Å². The Hall–Kier alpha value is 6.36. The molecule has 0 saturated heterocycles. The Kier molecular flexibility index (Phi) is 14.5. The molecule has 0 heterocycles. The van der Waals surface area contributed by atoms with Crippen molar-refractivity contribution < 1.29 is 0 Å². The fourth-order valence-corrected chi connectivity index (χ4v) is 5.15. The summed E-state index contributed by atoms with van der Waals surface area (Å²) in [5.74, 6) is 0. The maximum atomic E-state index is 2.64. The normalized spacial score (nSPS) is 11.6. The van der Waals surface area contributed by atoms with Gasteiger partial charge in [0.15, 0.2) is 0 Å². The van der Waals surface area contributed by atoms with Gasteiger partial charge in [0.05, 0.1) is 0 Å². The fourth-order valence-electron chi connectivity index (χ4n) is 1.56. The van der Waals surface area contributed by atoms with Crippen LogP contribution in [0.3, 0.4) is 0 Å². The molecule has 54 valence electrons. The second-order valence-electron chi connectivity index (χ2n) is 4.30. The van der Waals surface area contributed by atoms with Crippen molar-refractivity contribution in [2.24, 2.45) is 0 Å². The van der Waals surface area contributed by atoms with Gasteiger partial charge in [-0.25, -0.2) is 0 Å². The molecule has 0 saturated carbocycles. The summed E-state index contributed by atoms with van der Waals surface area (Å²) < 4.78 is 5.27. The van der Waals surface area contributed by atoms with Gasteiger partial charge in [0.1, 0.15) is 0 Å². The maximum absolute atomic E-state index is 2.64. The summed E-state index contributed by atoms with van der Waals surface area (Å²) in [6.07, 6.45) is 0.